The fourth-order valence-electron chi connectivity index (χ4n) is 2.12. The van der Waals surface area contributed by atoms with Gasteiger partial charge in [0.1, 0.15) is 12.1 Å². The number of hydrogen-bond acceptors (Lipinski definition) is 4. The summed E-state index contributed by atoms with van der Waals surface area (Å²) in [6.45, 7) is 2.24. The number of aryl methyl sites for hydroxylation is 1. The topological polar surface area (TPSA) is 69.1 Å². The number of hydrogen-bond donors (Lipinski definition) is 1. The van der Waals surface area contributed by atoms with Crippen molar-refractivity contribution in [2.24, 2.45) is 0 Å². The van der Waals surface area contributed by atoms with E-state index >= 15 is 0 Å². The minimum absolute atomic E-state index is 0.569. The summed E-state index contributed by atoms with van der Waals surface area (Å²) in [6.07, 6.45) is 12.0. The van der Waals surface area contributed by atoms with Crippen LogP contribution in [0, 0.1) is 0 Å². The summed E-state index contributed by atoms with van der Waals surface area (Å²) in [7, 11) is 0. The molecule has 2 aromatic heterocycles. The summed E-state index contributed by atoms with van der Waals surface area (Å²) in [5.74, 6) is 1.24. The largest absolute Gasteiger partial charge is 0.383 e. The fourth-order valence-corrected chi connectivity index (χ4v) is 2.12. The number of nitrogen functional groups attached to an aromatic ring is 1. The molecule has 0 radical (unpaired) electrons. The van der Waals surface area contributed by atoms with Crippen LogP contribution in [0.25, 0.3) is 5.78 Å². The van der Waals surface area contributed by atoms with E-state index in [4.69, 9.17) is 5.73 Å². The second-order valence-electron chi connectivity index (χ2n) is 4.66. The normalized spacial score (nSPS) is 11.2. The number of fused-ring (bicyclic) bond motifs is 1. The molecule has 2 aromatic rings. The van der Waals surface area contributed by atoms with Crippen molar-refractivity contribution in [3.05, 3.63) is 18.1 Å². The highest BCUT2D eigenvalue weighted by atomic mass is 15.3. The third-order valence-electron chi connectivity index (χ3n) is 3.22. The van der Waals surface area contributed by atoms with E-state index in [1.165, 1.54) is 38.4 Å². The molecule has 0 amide bonds. The number of unbranched alkanes of at least 4 members (excludes halogenated alkanes) is 5. The first kappa shape index (κ1) is 12.8. The van der Waals surface area contributed by atoms with Crippen LogP contribution in [0.4, 0.5) is 5.82 Å². The third kappa shape index (κ3) is 2.97. The van der Waals surface area contributed by atoms with Crippen molar-refractivity contribution in [3.8, 4) is 0 Å². The smallest absolute Gasteiger partial charge is 0.254 e. The summed E-state index contributed by atoms with van der Waals surface area (Å²) >= 11 is 0. The van der Waals surface area contributed by atoms with Crippen molar-refractivity contribution in [2.75, 3.05) is 5.73 Å². The van der Waals surface area contributed by atoms with Crippen molar-refractivity contribution < 1.29 is 0 Å². The number of rotatable bonds is 7. The molecule has 0 fully saturated rings. The Labute approximate surface area is 107 Å². The van der Waals surface area contributed by atoms with E-state index in [-0.39, 0.29) is 0 Å². The zero-order valence-corrected chi connectivity index (χ0v) is 11.0. The van der Waals surface area contributed by atoms with E-state index in [9.17, 15) is 0 Å². The summed E-state index contributed by atoms with van der Waals surface area (Å²) in [6, 6.07) is 0. The van der Waals surface area contributed by atoms with Crippen LogP contribution in [0.1, 0.15) is 51.0 Å². The first-order valence-electron chi connectivity index (χ1n) is 6.76. The van der Waals surface area contributed by atoms with Gasteiger partial charge in [-0.05, 0) is 12.8 Å². The summed E-state index contributed by atoms with van der Waals surface area (Å²) in [4.78, 5) is 8.25. The average molecular weight is 247 g/mol. The molecular weight excluding hydrogens is 226 g/mol. The molecule has 0 saturated heterocycles. The van der Waals surface area contributed by atoms with Crippen LogP contribution in [0.5, 0.6) is 0 Å². The maximum absolute atomic E-state index is 6.05. The highest BCUT2D eigenvalue weighted by Gasteiger charge is 2.06. The van der Waals surface area contributed by atoms with E-state index in [0.29, 0.717) is 11.6 Å². The van der Waals surface area contributed by atoms with Gasteiger partial charge in [-0.25, -0.2) is 4.98 Å². The number of nitrogens with two attached hydrogens (primary N) is 1. The number of aromatic nitrogens is 4. The molecule has 18 heavy (non-hydrogen) atoms. The Bertz CT molecular complexity index is 491. The first-order valence-corrected chi connectivity index (χ1v) is 6.76. The molecule has 0 bridgehead atoms. The third-order valence-corrected chi connectivity index (χ3v) is 3.22. The lowest BCUT2D eigenvalue weighted by molar-refractivity contribution is 0.607. The average Bonchev–Trinajstić information content (AvgIpc) is 2.85. The Morgan fingerprint density at radius 1 is 1.11 bits per heavy atom. The quantitative estimate of drug-likeness (QED) is 0.763. The molecule has 0 aliphatic rings. The van der Waals surface area contributed by atoms with Gasteiger partial charge in [0, 0.05) is 11.8 Å². The molecule has 98 valence electrons. The molecular formula is C13H21N5. The molecule has 0 atom stereocenters. The molecule has 0 unspecified atom stereocenters. The number of anilines is 1. The monoisotopic (exact) mass is 247 g/mol. The lowest BCUT2D eigenvalue weighted by Crippen LogP contribution is -2.05. The Morgan fingerprint density at radius 3 is 2.72 bits per heavy atom. The molecule has 2 rings (SSSR count). The molecule has 0 aromatic carbocycles. The predicted molar refractivity (Wildman–Crippen MR) is 72.3 cm³/mol. The van der Waals surface area contributed by atoms with Crippen LogP contribution < -0.4 is 5.73 Å². The first-order chi connectivity index (χ1) is 8.83. The lowest BCUT2D eigenvalue weighted by Gasteiger charge is -2.06. The van der Waals surface area contributed by atoms with E-state index in [0.717, 1.165) is 18.4 Å². The van der Waals surface area contributed by atoms with Gasteiger partial charge >= 0.3 is 0 Å². The van der Waals surface area contributed by atoms with Gasteiger partial charge in [-0.1, -0.05) is 39.0 Å². The van der Waals surface area contributed by atoms with Crippen molar-refractivity contribution in [3.63, 3.8) is 0 Å². The van der Waals surface area contributed by atoms with Gasteiger partial charge in [0.25, 0.3) is 5.78 Å². The second kappa shape index (κ2) is 6.33. The summed E-state index contributed by atoms with van der Waals surface area (Å²) in [5.41, 5.74) is 7.12. The van der Waals surface area contributed by atoms with Gasteiger partial charge in [0.2, 0.25) is 0 Å². The Hall–Kier alpha value is -1.65. The van der Waals surface area contributed by atoms with Crippen LogP contribution in [0.15, 0.2) is 12.5 Å². The van der Waals surface area contributed by atoms with Crippen molar-refractivity contribution in [1.29, 1.82) is 0 Å². The van der Waals surface area contributed by atoms with Crippen molar-refractivity contribution in [1.82, 2.24) is 19.6 Å². The molecule has 0 spiro atoms. The SMILES string of the molecule is CCCCCCCCc1cnc2ncnn2c1N. The van der Waals surface area contributed by atoms with Gasteiger partial charge < -0.3 is 5.73 Å². The molecule has 0 saturated carbocycles. The van der Waals surface area contributed by atoms with Crippen LogP contribution in [0.3, 0.4) is 0 Å². The van der Waals surface area contributed by atoms with Gasteiger partial charge in [0.15, 0.2) is 0 Å². The van der Waals surface area contributed by atoms with Gasteiger partial charge in [-0.3, -0.25) is 0 Å². The summed E-state index contributed by atoms with van der Waals surface area (Å²) in [5, 5.41) is 4.07. The van der Waals surface area contributed by atoms with Crippen LogP contribution in [-0.2, 0) is 6.42 Å². The van der Waals surface area contributed by atoms with E-state index < -0.39 is 0 Å². The van der Waals surface area contributed by atoms with Crippen LogP contribution in [0.2, 0.25) is 0 Å². The minimum atomic E-state index is 0.569. The zero-order valence-electron chi connectivity index (χ0n) is 11.0. The van der Waals surface area contributed by atoms with Crippen molar-refractivity contribution >= 4 is 11.6 Å². The Morgan fingerprint density at radius 2 is 1.89 bits per heavy atom. The van der Waals surface area contributed by atoms with Gasteiger partial charge in [-0.2, -0.15) is 14.6 Å². The maximum Gasteiger partial charge on any atom is 0.254 e. The highest BCUT2D eigenvalue weighted by molar-refractivity contribution is 5.45. The molecule has 2 heterocycles. The highest BCUT2D eigenvalue weighted by Crippen LogP contribution is 2.15. The number of nitrogens with zero attached hydrogens (tertiary/aromatic N) is 4. The van der Waals surface area contributed by atoms with E-state index in [2.05, 4.69) is 22.0 Å². The summed E-state index contributed by atoms with van der Waals surface area (Å²) < 4.78 is 1.60. The van der Waals surface area contributed by atoms with Crippen LogP contribution in [-0.4, -0.2) is 19.6 Å². The fraction of sp³-hybridized carbons (Fsp3) is 0.615. The Kier molecular flexibility index (Phi) is 4.50. The Balaban J connectivity index is 1.86. The lowest BCUT2D eigenvalue weighted by atomic mass is 10.1. The predicted octanol–water partition coefficient (Wildman–Crippen LogP) is 2.61. The van der Waals surface area contributed by atoms with E-state index in [1.807, 2.05) is 6.20 Å². The molecule has 0 aliphatic carbocycles. The maximum atomic E-state index is 6.05. The van der Waals surface area contributed by atoms with Crippen LogP contribution >= 0.6 is 0 Å². The van der Waals surface area contributed by atoms with Crippen molar-refractivity contribution in [2.45, 2.75) is 51.9 Å². The minimum Gasteiger partial charge on any atom is -0.383 e. The molecule has 0 aliphatic heterocycles. The standard InChI is InChI=1S/C13H21N5/c1-2-3-4-5-6-7-8-11-9-15-13-16-10-17-18(13)12(11)14/h9-10H,2-8,14H2,1H3. The second-order valence-corrected chi connectivity index (χ2v) is 4.66. The van der Waals surface area contributed by atoms with Gasteiger partial charge in [-0.15, -0.1) is 0 Å². The van der Waals surface area contributed by atoms with Gasteiger partial charge in [0.05, 0.1) is 0 Å². The molecule has 2 N–H and O–H groups in total. The van der Waals surface area contributed by atoms with E-state index in [1.54, 1.807) is 4.52 Å². The zero-order chi connectivity index (χ0) is 12.8. The molecule has 5 nitrogen and oxygen atoms in total. The molecule has 5 heteroatoms.